The minimum absolute atomic E-state index is 0. The molecular formula is C22H46N2O2. The summed E-state index contributed by atoms with van der Waals surface area (Å²) in [5.74, 6) is 0.855. The molecule has 0 bridgehead atoms. The third-order valence-electron chi connectivity index (χ3n) is 4.90. The van der Waals surface area contributed by atoms with Gasteiger partial charge in [-0.3, -0.25) is 9.59 Å². The molecule has 2 N–H and O–H groups in total. The van der Waals surface area contributed by atoms with Gasteiger partial charge in [0.25, 0.3) is 0 Å². The number of carbonyl (C=O) groups excluding carboxylic acids is 2. The molecule has 1 saturated heterocycles. The number of hydrazine groups is 1. The number of carbonyl (C=O) groups is 2. The summed E-state index contributed by atoms with van der Waals surface area (Å²) in [5.41, 5.74) is 6.22. The van der Waals surface area contributed by atoms with Crippen LogP contribution < -0.4 is 10.9 Å². The van der Waals surface area contributed by atoms with E-state index in [4.69, 9.17) is 0 Å². The quantitative estimate of drug-likeness (QED) is 0.292. The van der Waals surface area contributed by atoms with Crippen LogP contribution in [0.25, 0.3) is 0 Å². The van der Waals surface area contributed by atoms with Gasteiger partial charge in [-0.25, -0.2) is 10.9 Å². The molecule has 1 heterocycles. The minimum Gasteiger partial charge on any atom is -0.300 e. The Kier molecular flexibility index (Phi) is 17.4. The Bertz CT molecular complexity index is 365. The smallest absolute Gasteiger partial charge is 0.133 e. The van der Waals surface area contributed by atoms with Crippen molar-refractivity contribution in [1.29, 1.82) is 0 Å². The van der Waals surface area contributed by atoms with Crippen molar-refractivity contribution in [3.8, 4) is 0 Å². The van der Waals surface area contributed by atoms with Gasteiger partial charge in [0.1, 0.15) is 17.2 Å². The molecule has 1 atom stereocenters. The summed E-state index contributed by atoms with van der Waals surface area (Å²) in [6.45, 7) is 9.65. The van der Waals surface area contributed by atoms with Crippen molar-refractivity contribution in [2.24, 2.45) is 5.92 Å². The summed E-state index contributed by atoms with van der Waals surface area (Å²) in [5, 5.41) is 0. The highest BCUT2D eigenvalue weighted by Crippen LogP contribution is 2.24. The zero-order valence-corrected chi connectivity index (χ0v) is 17.4. The van der Waals surface area contributed by atoms with Crippen LogP contribution in [0.2, 0.25) is 0 Å². The van der Waals surface area contributed by atoms with Gasteiger partial charge in [-0.2, -0.15) is 0 Å². The second-order valence-electron chi connectivity index (χ2n) is 7.74. The zero-order chi connectivity index (χ0) is 19.1. The van der Waals surface area contributed by atoms with Crippen LogP contribution in [0.15, 0.2) is 0 Å². The van der Waals surface area contributed by atoms with Gasteiger partial charge in [-0.1, -0.05) is 86.0 Å². The van der Waals surface area contributed by atoms with E-state index in [1.807, 2.05) is 6.92 Å². The molecule has 0 aliphatic carbocycles. The van der Waals surface area contributed by atoms with Gasteiger partial charge in [-0.05, 0) is 26.7 Å². The molecule has 0 radical (unpaired) electrons. The molecule has 1 rings (SSSR count). The van der Waals surface area contributed by atoms with Gasteiger partial charge in [0.2, 0.25) is 0 Å². The lowest BCUT2D eigenvalue weighted by Crippen LogP contribution is -2.21. The molecule has 4 heteroatoms. The third kappa shape index (κ3) is 15.5. The molecule has 156 valence electrons. The van der Waals surface area contributed by atoms with Gasteiger partial charge < -0.3 is 0 Å². The Morgan fingerprint density at radius 2 is 1.35 bits per heavy atom. The van der Waals surface area contributed by atoms with Gasteiger partial charge in [0.15, 0.2) is 0 Å². The number of nitrogens with one attached hydrogen (secondary N) is 2. The van der Waals surface area contributed by atoms with Gasteiger partial charge in [0.05, 0.1) is 0 Å². The van der Waals surface area contributed by atoms with Crippen molar-refractivity contribution in [2.45, 2.75) is 125 Å². The Morgan fingerprint density at radius 1 is 0.846 bits per heavy atom. The fourth-order valence-corrected chi connectivity index (χ4v) is 3.01. The first kappa shape index (κ1) is 27.5. The first-order valence-electron chi connectivity index (χ1n) is 10.4. The minimum atomic E-state index is -0.0337. The van der Waals surface area contributed by atoms with Gasteiger partial charge in [0, 0.05) is 12.3 Å². The summed E-state index contributed by atoms with van der Waals surface area (Å²) in [6, 6.07) is 0. The van der Waals surface area contributed by atoms with Crippen molar-refractivity contribution in [3.63, 3.8) is 0 Å². The molecule has 0 amide bonds. The number of unbranched alkanes of at least 4 members (excludes halogenated alkanes) is 7. The number of hydrogen-bond acceptors (Lipinski definition) is 4. The maximum atomic E-state index is 11.1. The van der Waals surface area contributed by atoms with E-state index in [2.05, 4.69) is 24.7 Å². The second-order valence-corrected chi connectivity index (χ2v) is 7.74. The molecule has 0 aromatic carbocycles. The van der Waals surface area contributed by atoms with E-state index in [1.54, 1.807) is 13.8 Å². The predicted octanol–water partition coefficient (Wildman–Crippen LogP) is 5.95. The van der Waals surface area contributed by atoms with Crippen LogP contribution in [0, 0.1) is 5.92 Å². The van der Waals surface area contributed by atoms with Crippen LogP contribution >= 0.6 is 0 Å². The summed E-state index contributed by atoms with van der Waals surface area (Å²) in [4.78, 5) is 21.6. The molecule has 0 aromatic heterocycles. The van der Waals surface area contributed by atoms with Crippen molar-refractivity contribution in [1.82, 2.24) is 10.9 Å². The van der Waals surface area contributed by atoms with Crippen molar-refractivity contribution in [2.75, 3.05) is 0 Å². The molecule has 0 saturated carbocycles. The first-order valence-corrected chi connectivity index (χ1v) is 10.4. The van der Waals surface area contributed by atoms with E-state index in [0.717, 1.165) is 19.3 Å². The highest BCUT2D eigenvalue weighted by atomic mass is 16.1. The van der Waals surface area contributed by atoms with Crippen LogP contribution in [0.1, 0.15) is 119 Å². The fraction of sp³-hybridized carbons (Fsp3) is 0.909. The monoisotopic (exact) mass is 370 g/mol. The van der Waals surface area contributed by atoms with Crippen molar-refractivity contribution < 1.29 is 9.59 Å². The van der Waals surface area contributed by atoms with Gasteiger partial charge >= 0.3 is 0 Å². The molecule has 4 nitrogen and oxygen atoms in total. The zero-order valence-electron chi connectivity index (χ0n) is 17.4. The van der Waals surface area contributed by atoms with Crippen LogP contribution in [-0.2, 0) is 9.59 Å². The number of ketones is 2. The van der Waals surface area contributed by atoms with Crippen molar-refractivity contribution >= 4 is 11.6 Å². The van der Waals surface area contributed by atoms with E-state index >= 15 is 0 Å². The third-order valence-corrected chi connectivity index (χ3v) is 4.90. The maximum absolute atomic E-state index is 11.1. The van der Waals surface area contributed by atoms with Crippen LogP contribution in [0.3, 0.4) is 0 Å². The molecule has 26 heavy (non-hydrogen) atoms. The first-order chi connectivity index (χ1) is 11.9. The summed E-state index contributed by atoms with van der Waals surface area (Å²) >= 11 is 0. The fourth-order valence-electron chi connectivity index (χ4n) is 3.01. The second kappa shape index (κ2) is 16.4. The van der Waals surface area contributed by atoms with E-state index < -0.39 is 0 Å². The Balaban J connectivity index is 0. The molecule has 0 spiro atoms. The van der Waals surface area contributed by atoms with E-state index in [1.165, 1.54) is 51.4 Å². The molecule has 1 aliphatic rings. The number of hydrogen-bond donors (Lipinski definition) is 2. The Labute approximate surface area is 163 Å². The van der Waals surface area contributed by atoms with E-state index in [-0.39, 0.29) is 24.8 Å². The number of Topliss-reactive ketones (excluding diaryl/α,β-unsaturated/α-hetero) is 2. The topological polar surface area (TPSA) is 78.0 Å². The molecular weight excluding hydrogens is 324 g/mol. The lowest BCUT2D eigenvalue weighted by Gasteiger charge is -2.09. The number of rotatable bonds is 14. The summed E-state index contributed by atoms with van der Waals surface area (Å²) in [6.07, 6.45) is 14.6. The SMILES string of the molecule is C.CCCC(C)C(C)=O.CCCCCCCCCCC1(CC(C)=O)NN1. The predicted molar refractivity (Wildman–Crippen MR) is 113 cm³/mol. The average molecular weight is 371 g/mol. The largest absolute Gasteiger partial charge is 0.300 e. The standard InChI is InChI=1S/C14H28N2O.C7H14O.CH4/c1-3-4-5-6-7-8-9-10-11-14(15-16-14)12-13(2)17;1-4-5-6(2)7(3)8;/h15-16H,3-12H2,1-2H3;6H,4-5H2,1-3H3;1H4. The molecule has 1 unspecified atom stereocenters. The maximum Gasteiger partial charge on any atom is 0.133 e. The lowest BCUT2D eigenvalue weighted by molar-refractivity contribution is -0.120. The highest BCUT2D eigenvalue weighted by Gasteiger charge is 2.41. The Hall–Kier alpha value is -0.740. The summed E-state index contributed by atoms with van der Waals surface area (Å²) < 4.78 is 0. The summed E-state index contributed by atoms with van der Waals surface area (Å²) in [7, 11) is 0. The Morgan fingerprint density at radius 3 is 1.69 bits per heavy atom. The van der Waals surface area contributed by atoms with Crippen LogP contribution in [0.5, 0.6) is 0 Å². The van der Waals surface area contributed by atoms with Crippen LogP contribution in [0.4, 0.5) is 0 Å². The molecule has 1 fully saturated rings. The average Bonchev–Trinajstić information content (AvgIpc) is 3.29. The molecule has 1 aliphatic heterocycles. The van der Waals surface area contributed by atoms with Crippen LogP contribution in [-0.4, -0.2) is 17.2 Å². The normalized spacial score (nSPS) is 15.3. The molecule has 0 aromatic rings. The van der Waals surface area contributed by atoms with Crippen molar-refractivity contribution in [3.05, 3.63) is 0 Å². The van der Waals surface area contributed by atoms with Gasteiger partial charge in [-0.15, -0.1) is 0 Å². The lowest BCUT2D eigenvalue weighted by atomic mass is 9.99. The highest BCUT2D eigenvalue weighted by molar-refractivity contribution is 5.77. The van der Waals surface area contributed by atoms with E-state index in [0.29, 0.717) is 12.2 Å². The van der Waals surface area contributed by atoms with E-state index in [9.17, 15) is 9.59 Å².